The van der Waals surface area contributed by atoms with Crippen LogP contribution in [0, 0.1) is 0 Å². The molecule has 0 aromatic heterocycles. The number of ether oxygens (including phenoxy) is 4. The molecular weight excluding hydrogens is 382 g/mol. The van der Waals surface area contributed by atoms with Crippen LogP contribution in [-0.2, 0) is 4.79 Å². The number of rotatable bonds is 6. The van der Waals surface area contributed by atoms with Crippen molar-refractivity contribution in [2.45, 2.75) is 0 Å². The highest BCUT2D eigenvalue weighted by Gasteiger charge is 2.25. The highest BCUT2D eigenvalue weighted by Crippen LogP contribution is 2.35. The molecule has 0 saturated carbocycles. The van der Waals surface area contributed by atoms with Crippen LogP contribution in [0.5, 0.6) is 23.0 Å². The molecule has 6 heteroatoms. The Morgan fingerprint density at radius 2 is 1.17 bits per heavy atom. The van der Waals surface area contributed by atoms with Gasteiger partial charge in [0.15, 0.2) is 28.8 Å². The van der Waals surface area contributed by atoms with Crippen molar-refractivity contribution < 1.29 is 23.7 Å². The van der Waals surface area contributed by atoms with Crippen molar-refractivity contribution in [3.63, 3.8) is 0 Å². The van der Waals surface area contributed by atoms with E-state index in [2.05, 4.69) is 4.90 Å². The van der Waals surface area contributed by atoms with Crippen molar-refractivity contribution >= 4 is 17.9 Å². The lowest BCUT2D eigenvalue weighted by Gasteiger charge is -2.26. The van der Waals surface area contributed by atoms with Crippen molar-refractivity contribution in [1.29, 1.82) is 0 Å². The van der Waals surface area contributed by atoms with Gasteiger partial charge in [-0.15, -0.1) is 0 Å². The Morgan fingerprint density at radius 3 is 1.53 bits per heavy atom. The maximum atomic E-state index is 13.3. The Morgan fingerprint density at radius 1 is 0.733 bits per heavy atom. The molecule has 1 aliphatic rings. The first-order valence-electron chi connectivity index (χ1n) is 9.58. The molecule has 1 fully saturated rings. The number of hydrogen-bond donors (Lipinski definition) is 0. The summed E-state index contributed by atoms with van der Waals surface area (Å²) in [5, 5.41) is 0. The van der Waals surface area contributed by atoms with Crippen LogP contribution in [0.2, 0.25) is 0 Å². The molecular formula is C24H27NO5. The average molecular weight is 409 g/mol. The van der Waals surface area contributed by atoms with Gasteiger partial charge in [-0.3, -0.25) is 9.69 Å². The summed E-state index contributed by atoms with van der Waals surface area (Å²) < 4.78 is 21.8. The number of carbonyl (C=O) groups excluding carboxylic acids is 1. The minimum absolute atomic E-state index is 0.00264. The number of carbonyl (C=O) groups is 1. The van der Waals surface area contributed by atoms with E-state index in [9.17, 15) is 4.79 Å². The van der Waals surface area contributed by atoms with Crippen LogP contribution in [-0.4, -0.2) is 59.3 Å². The summed E-state index contributed by atoms with van der Waals surface area (Å²) in [6, 6.07) is 11.2. The molecule has 0 unspecified atom stereocenters. The van der Waals surface area contributed by atoms with E-state index < -0.39 is 0 Å². The predicted molar refractivity (Wildman–Crippen MR) is 118 cm³/mol. The lowest BCUT2D eigenvalue weighted by atomic mass is 9.94. The number of nitrogens with zero attached hydrogens (tertiary/aromatic N) is 1. The topological polar surface area (TPSA) is 57.2 Å². The van der Waals surface area contributed by atoms with Crippen molar-refractivity contribution in [2.75, 3.05) is 48.6 Å². The van der Waals surface area contributed by atoms with Crippen LogP contribution in [0.1, 0.15) is 11.1 Å². The lowest BCUT2D eigenvalue weighted by molar-refractivity contribution is -0.113. The number of Topliss-reactive ketones (excluding diaryl/α,β-unsaturated/α-hetero) is 1. The van der Waals surface area contributed by atoms with Crippen LogP contribution in [0.25, 0.3) is 12.2 Å². The molecule has 0 atom stereocenters. The maximum absolute atomic E-state index is 13.3. The van der Waals surface area contributed by atoms with Gasteiger partial charge in [0.25, 0.3) is 0 Å². The monoisotopic (exact) mass is 409 g/mol. The maximum Gasteiger partial charge on any atom is 0.187 e. The molecule has 2 aromatic rings. The number of piperidine rings is 1. The van der Waals surface area contributed by atoms with E-state index in [4.69, 9.17) is 18.9 Å². The van der Waals surface area contributed by atoms with E-state index >= 15 is 0 Å². The van der Waals surface area contributed by atoms with Gasteiger partial charge in [0.2, 0.25) is 0 Å². The second-order valence-electron chi connectivity index (χ2n) is 7.01. The van der Waals surface area contributed by atoms with Crippen LogP contribution in [0.4, 0.5) is 0 Å². The molecule has 0 spiro atoms. The first kappa shape index (κ1) is 21.5. The van der Waals surface area contributed by atoms with E-state index in [0.29, 0.717) is 47.2 Å². The van der Waals surface area contributed by atoms with Gasteiger partial charge in [0.1, 0.15) is 0 Å². The van der Waals surface area contributed by atoms with Crippen LogP contribution in [0.3, 0.4) is 0 Å². The molecule has 0 N–H and O–H groups in total. The Labute approximate surface area is 177 Å². The summed E-state index contributed by atoms with van der Waals surface area (Å²) in [4.78, 5) is 15.4. The fraction of sp³-hybridized carbons (Fsp3) is 0.292. The van der Waals surface area contributed by atoms with Gasteiger partial charge in [-0.05, 0) is 31.3 Å². The molecule has 0 bridgehead atoms. The minimum Gasteiger partial charge on any atom is -0.493 e. The van der Waals surface area contributed by atoms with Gasteiger partial charge in [-0.25, -0.2) is 0 Å². The molecule has 3 rings (SSSR count). The summed E-state index contributed by atoms with van der Waals surface area (Å²) in [7, 11) is 8.36. The average Bonchev–Trinajstić information content (AvgIpc) is 2.76. The third kappa shape index (κ3) is 4.33. The number of para-hydroxylation sites is 2. The summed E-state index contributed by atoms with van der Waals surface area (Å²) in [6.45, 7) is 1.09. The number of likely N-dealkylation sites (tertiary alicyclic amines) is 1. The number of likely N-dealkylation sites (N-methyl/N-ethyl adjacent to an activating group) is 1. The number of benzene rings is 2. The smallest absolute Gasteiger partial charge is 0.187 e. The molecule has 1 aliphatic heterocycles. The molecule has 0 aliphatic carbocycles. The Hall–Kier alpha value is -3.25. The van der Waals surface area contributed by atoms with Gasteiger partial charge < -0.3 is 18.9 Å². The number of hydrogen-bond acceptors (Lipinski definition) is 6. The van der Waals surface area contributed by atoms with Crippen molar-refractivity contribution in [3.8, 4) is 23.0 Å². The van der Waals surface area contributed by atoms with Crippen molar-refractivity contribution in [2.24, 2.45) is 0 Å². The third-order valence-corrected chi connectivity index (χ3v) is 4.99. The summed E-state index contributed by atoms with van der Waals surface area (Å²) >= 11 is 0. The Bertz CT molecular complexity index is 916. The largest absolute Gasteiger partial charge is 0.493 e. The first-order valence-corrected chi connectivity index (χ1v) is 9.58. The molecule has 1 heterocycles. The molecule has 0 amide bonds. The zero-order chi connectivity index (χ0) is 21.7. The van der Waals surface area contributed by atoms with E-state index in [1.165, 1.54) is 0 Å². The van der Waals surface area contributed by atoms with Crippen LogP contribution in [0.15, 0.2) is 47.5 Å². The van der Waals surface area contributed by atoms with E-state index in [-0.39, 0.29) is 5.78 Å². The van der Waals surface area contributed by atoms with E-state index in [1.54, 1.807) is 28.4 Å². The zero-order valence-electron chi connectivity index (χ0n) is 18.0. The second kappa shape index (κ2) is 9.50. The minimum atomic E-state index is 0.00264. The van der Waals surface area contributed by atoms with E-state index in [0.717, 1.165) is 11.1 Å². The molecule has 1 saturated heterocycles. The summed E-state index contributed by atoms with van der Waals surface area (Å²) in [5.74, 6) is 2.46. The zero-order valence-corrected chi connectivity index (χ0v) is 18.0. The molecule has 0 radical (unpaired) electrons. The number of ketones is 1. The van der Waals surface area contributed by atoms with Crippen molar-refractivity contribution in [1.82, 2.24) is 4.90 Å². The first-order chi connectivity index (χ1) is 14.5. The third-order valence-electron chi connectivity index (χ3n) is 4.99. The molecule has 6 nitrogen and oxygen atoms in total. The standard InChI is InChI=1S/C24H27NO5/c1-25-14-18(12-16-8-6-10-20(27-2)23(16)29-4)22(26)19(15-25)13-17-9-7-11-21(28-3)24(17)30-5/h6-13H,14-15H2,1-5H3. The summed E-state index contributed by atoms with van der Waals surface area (Å²) in [6.07, 6.45) is 3.74. The fourth-order valence-electron chi connectivity index (χ4n) is 3.64. The van der Waals surface area contributed by atoms with Crippen molar-refractivity contribution in [3.05, 3.63) is 58.7 Å². The highest BCUT2D eigenvalue weighted by molar-refractivity contribution is 6.14. The predicted octanol–water partition coefficient (Wildman–Crippen LogP) is 3.70. The number of methoxy groups -OCH3 is 4. The van der Waals surface area contributed by atoms with Gasteiger partial charge in [0.05, 0.1) is 28.4 Å². The Kier molecular flexibility index (Phi) is 6.79. The molecule has 30 heavy (non-hydrogen) atoms. The SMILES string of the molecule is COc1cccc(C=C2CN(C)CC(=Cc3cccc(OC)c3OC)C2=O)c1OC. The molecule has 2 aromatic carbocycles. The summed E-state index contributed by atoms with van der Waals surface area (Å²) in [5.41, 5.74) is 2.97. The Balaban J connectivity index is 2.03. The fourth-order valence-corrected chi connectivity index (χ4v) is 3.64. The van der Waals surface area contributed by atoms with Gasteiger partial charge >= 0.3 is 0 Å². The van der Waals surface area contributed by atoms with Gasteiger partial charge in [0, 0.05) is 35.4 Å². The van der Waals surface area contributed by atoms with E-state index in [1.807, 2.05) is 55.6 Å². The quantitative estimate of drug-likeness (QED) is 0.678. The normalized spacial score (nSPS) is 17.3. The lowest BCUT2D eigenvalue weighted by Crippen LogP contribution is -2.34. The molecule has 158 valence electrons. The second-order valence-corrected chi connectivity index (χ2v) is 7.01. The van der Waals surface area contributed by atoms with Crippen LogP contribution < -0.4 is 18.9 Å². The van der Waals surface area contributed by atoms with Gasteiger partial charge in [-0.2, -0.15) is 0 Å². The highest BCUT2D eigenvalue weighted by atomic mass is 16.5. The van der Waals surface area contributed by atoms with Gasteiger partial charge in [-0.1, -0.05) is 24.3 Å². The van der Waals surface area contributed by atoms with Crippen LogP contribution >= 0.6 is 0 Å².